The number of carbonyl (C=O) groups is 3. The molecule has 0 fully saturated rings. The first-order valence-corrected chi connectivity index (χ1v) is 32.2. The van der Waals surface area contributed by atoms with Gasteiger partial charge in [0.25, 0.3) is 0 Å². The Morgan fingerprint density at radius 2 is 0.513 bits per heavy atom. The molecule has 0 heterocycles. The van der Waals surface area contributed by atoms with Crippen molar-refractivity contribution in [1.29, 1.82) is 0 Å². The maximum atomic E-state index is 12.9. The Bertz CT molecular complexity index is 1490. The third kappa shape index (κ3) is 61.2. The van der Waals surface area contributed by atoms with Crippen LogP contribution in [0, 0.1) is 0 Å². The van der Waals surface area contributed by atoms with Crippen LogP contribution < -0.4 is 0 Å². The van der Waals surface area contributed by atoms with Crippen molar-refractivity contribution < 1.29 is 28.6 Å². The van der Waals surface area contributed by atoms with Crippen LogP contribution in [0.25, 0.3) is 0 Å². The molecule has 0 aliphatic rings. The minimum Gasteiger partial charge on any atom is -0.462 e. The van der Waals surface area contributed by atoms with E-state index in [2.05, 4.69) is 118 Å². The molecule has 0 saturated carbocycles. The second-order valence-electron chi connectivity index (χ2n) is 21.3. The summed E-state index contributed by atoms with van der Waals surface area (Å²) in [7, 11) is 0. The molecule has 6 nitrogen and oxygen atoms in total. The summed E-state index contributed by atoms with van der Waals surface area (Å²) in [6, 6.07) is 0. The summed E-state index contributed by atoms with van der Waals surface area (Å²) in [6.45, 7) is 6.52. The lowest BCUT2D eigenvalue weighted by atomic mass is 10.0. The molecule has 0 rings (SSSR count). The summed E-state index contributed by atoms with van der Waals surface area (Å²) in [5.74, 6) is -0.920. The molecule has 0 aliphatic heterocycles. The first kappa shape index (κ1) is 72.3. The summed E-state index contributed by atoms with van der Waals surface area (Å²) < 4.78 is 16.9. The molecule has 436 valence electrons. The molecule has 0 aromatic carbocycles. The van der Waals surface area contributed by atoms with Crippen molar-refractivity contribution in [3.8, 4) is 0 Å². The zero-order valence-corrected chi connectivity index (χ0v) is 50.0. The largest absolute Gasteiger partial charge is 0.462 e. The van der Waals surface area contributed by atoms with Crippen LogP contribution in [0.3, 0.4) is 0 Å². The van der Waals surface area contributed by atoms with Gasteiger partial charge in [-0.05, 0) is 83.5 Å². The Balaban J connectivity index is 4.38. The summed E-state index contributed by atoms with van der Waals surface area (Å²) in [5, 5.41) is 0. The lowest BCUT2D eigenvalue weighted by molar-refractivity contribution is -0.167. The number of ether oxygens (including phenoxy) is 3. The fraction of sp³-hybridized carbons (Fsp3) is 0.729. The summed E-state index contributed by atoms with van der Waals surface area (Å²) in [4.78, 5) is 38.3. The molecular formula is C70H120O6. The highest BCUT2D eigenvalue weighted by atomic mass is 16.6. The molecule has 76 heavy (non-hydrogen) atoms. The fourth-order valence-corrected chi connectivity index (χ4v) is 9.05. The van der Waals surface area contributed by atoms with Crippen LogP contribution in [-0.4, -0.2) is 37.2 Å². The van der Waals surface area contributed by atoms with Crippen LogP contribution in [0.4, 0.5) is 0 Å². The molecule has 0 N–H and O–H groups in total. The molecule has 0 aromatic heterocycles. The monoisotopic (exact) mass is 1060 g/mol. The highest BCUT2D eigenvalue weighted by Crippen LogP contribution is 2.17. The minimum atomic E-state index is -0.793. The van der Waals surface area contributed by atoms with Crippen molar-refractivity contribution >= 4 is 17.9 Å². The van der Waals surface area contributed by atoms with Gasteiger partial charge in [-0.25, -0.2) is 0 Å². The summed E-state index contributed by atoms with van der Waals surface area (Å²) >= 11 is 0. The second kappa shape index (κ2) is 63.9. The maximum Gasteiger partial charge on any atom is 0.306 e. The molecule has 0 aromatic rings. The third-order valence-electron chi connectivity index (χ3n) is 13.9. The van der Waals surface area contributed by atoms with Crippen molar-refractivity contribution in [2.75, 3.05) is 13.2 Å². The second-order valence-corrected chi connectivity index (χ2v) is 21.3. The number of rotatable bonds is 58. The van der Waals surface area contributed by atoms with Crippen molar-refractivity contribution in [2.24, 2.45) is 0 Å². The Hall–Kier alpha value is -3.67. The highest BCUT2D eigenvalue weighted by molar-refractivity contribution is 5.71. The van der Waals surface area contributed by atoms with Gasteiger partial charge >= 0.3 is 17.9 Å². The normalized spacial score (nSPS) is 12.7. The molecule has 6 heteroatoms. The fourth-order valence-electron chi connectivity index (χ4n) is 9.05. The van der Waals surface area contributed by atoms with Crippen LogP contribution in [0.5, 0.6) is 0 Å². The molecule has 1 atom stereocenters. The molecule has 0 amide bonds. The summed E-state index contributed by atoms with van der Waals surface area (Å²) in [5.41, 5.74) is 0. The van der Waals surface area contributed by atoms with E-state index in [1.165, 1.54) is 161 Å². The Kier molecular flexibility index (Phi) is 60.8. The van der Waals surface area contributed by atoms with Crippen molar-refractivity contribution in [3.05, 3.63) is 97.2 Å². The Labute approximate surface area is 470 Å². The van der Waals surface area contributed by atoms with Crippen LogP contribution in [0.15, 0.2) is 97.2 Å². The predicted octanol–water partition coefficient (Wildman–Crippen LogP) is 22.0. The number of carbonyl (C=O) groups excluding carboxylic acids is 3. The standard InChI is InChI=1S/C70H120O6/c1-4-7-10-13-16-19-22-25-27-29-31-32-33-34-35-36-37-38-40-41-43-45-48-51-54-57-60-63-69(72)75-66-67(65-74-68(71)62-59-56-53-50-47-24-21-18-15-12-9-6-3)76-70(73)64-61-58-55-52-49-46-44-42-39-30-28-26-23-20-17-14-11-8-5-2/h7,10,16,19,25,27,31-32,34-35,37-38,41,43,48,51,67H,4-6,8-9,11-15,17-18,20-24,26,28-30,33,36,39-40,42,44-47,49-50,52-66H2,1-3H3/b10-7-,19-16-,27-25-,32-31-,35-34-,38-37-,43-41-,51-48-. The van der Waals surface area contributed by atoms with Crippen LogP contribution >= 0.6 is 0 Å². The van der Waals surface area contributed by atoms with Gasteiger partial charge in [0, 0.05) is 19.3 Å². The van der Waals surface area contributed by atoms with Gasteiger partial charge in [0.05, 0.1) is 0 Å². The van der Waals surface area contributed by atoms with E-state index in [-0.39, 0.29) is 31.1 Å². The van der Waals surface area contributed by atoms with Crippen molar-refractivity contribution in [3.63, 3.8) is 0 Å². The summed E-state index contributed by atoms with van der Waals surface area (Å²) in [6.07, 6.45) is 85.6. The SMILES string of the molecule is CC/C=C\C/C=C\C/C=C\C/C=C\C/C=C\C/C=C\C/C=C\C/C=C\CCCCC(=O)OCC(COC(=O)CCCCCCCCCCCCCC)OC(=O)CCCCCCCCCCCCCCCCCCCCC. The zero-order valence-electron chi connectivity index (χ0n) is 50.0. The molecule has 0 saturated heterocycles. The number of hydrogen-bond donors (Lipinski definition) is 0. The molecule has 0 radical (unpaired) electrons. The number of unbranched alkanes of at least 4 members (excludes halogenated alkanes) is 31. The molecule has 0 bridgehead atoms. The van der Waals surface area contributed by atoms with Crippen molar-refractivity contribution in [2.45, 2.75) is 316 Å². The predicted molar refractivity (Wildman–Crippen MR) is 330 cm³/mol. The van der Waals surface area contributed by atoms with Crippen LogP contribution in [-0.2, 0) is 28.6 Å². The van der Waals surface area contributed by atoms with Gasteiger partial charge in [0.1, 0.15) is 13.2 Å². The van der Waals surface area contributed by atoms with E-state index in [4.69, 9.17) is 14.2 Å². The van der Waals surface area contributed by atoms with E-state index in [1.807, 2.05) is 0 Å². The van der Waals surface area contributed by atoms with Crippen molar-refractivity contribution in [1.82, 2.24) is 0 Å². The van der Waals surface area contributed by atoms with Gasteiger partial charge in [-0.2, -0.15) is 0 Å². The number of allylic oxidation sites excluding steroid dienone is 16. The molecule has 0 aliphatic carbocycles. The van der Waals surface area contributed by atoms with Crippen LogP contribution in [0.2, 0.25) is 0 Å². The van der Waals surface area contributed by atoms with E-state index >= 15 is 0 Å². The van der Waals surface area contributed by atoms with Gasteiger partial charge in [-0.3, -0.25) is 14.4 Å². The van der Waals surface area contributed by atoms with E-state index in [9.17, 15) is 14.4 Å². The Morgan fingerprint density at radius 3 is 0.803 bits per heavy atom. The minimum absolute atomic E-state index is 0.0874. The van der Waals surface area contributed by atoms with E-state index in [0.29, 0.717) is 19.3 Å². The highest BCUT2D eigenvalue weighted by Gasteiger charge is 2.19. The number of hydrogen-bond acceptors (Lipinski definition) is 6. The number of esters is 3. The zero-order chi connectivity index (χ0) is 55.0. The smallest absolute Gasteiger partial charge is 0.306 e. The molecule has 1 unspecified atom stereocenters. The van der Waals surface area contributed by atoms with E-state index < -0.39 is 6.10 Å². The lowest BCUT2D eigenvalue weighted by Gasteiger charge is -2.18. The average Bonchev–Trinajstić information content (AvgIpc) is 3.42. The molecule has 0 spiro atoms. The van der Waals surface area contributed by atoms with Gasteiger partial charge in [-0.1, -0.05) is 304 Å². The first-order chi connectivity index (χ1) is 37.5. The topological polar surface area (TPSA) is 78.9 Å². The van der Waals surface area contributed by atoms with E-state index in [0.717, 1.165) is 109 Å². The van der Waals surface area contributed by atoms with E-state index in [1.54, 1.807) is 0 Å². The van der Waals surface area contributed by atoms with Crippen LogP contribution in [0.1, 0.15) is 310 Å². The first-order valence-electron chi connectivity index (χ1n) is 32.2. The Morgan fingerprint density at radius 1 is 0.276 bits per heavy atom. The van der Waals surface area contributed by atoms with Gasteiger partial charge < -0.3 is 14.2 Å². The quantitative estimate of drug-likeness (QED) is 0.0261. The van der Waals surface area contributed by atoms with Gasteiger partial charge in [0.2, 0.25) is 0 Å². The van der Waals surface area contributed by atoms with Gasteiger partial charge in [0.15, 0.2) is 6.10 Å². The lowest BCUT2D eigenvalue weighted by Crippen LogP contribution is -2.30. The van der Waals surface area contributed by atoms with Gasteiger partial charge in [-0.15, -0.1) is 0 Å². The molecular weight excluding hydrogens is 937 g/mol. The third-order valence-corrected chi connectivity index (χ3v) is 13.9. The average molecular weight is 1060 g/mol. The maximum absolute atomic E-state index is 12.9.